The van der Waals surface area contributed by atoms with Crippen LogP contribution in [0, 0.1) is 10.1 Å². The Morgan fingerprint density at radius 3 is 2.44 bits per heavy atom. The summed E-state index contributed by atoms with van der Waals surface area (Å²) < 4.78 is 0. The van der Waals surface area contributed by atoms with Gasteiger partial charge in [-0.15, -0.1) is 0 Å². The van der Waals surface area contributed by atoms with Crippen LogP contribution in [-0.2, 0) is 0 Å². The maximum absolute atomic E-state index is 11.3. The maximum atomic E-state index is 11.3. The maximum Gasteiger partial charge on any atom is 0.335 e. The number of benzene rings is 1. The van der Waals surface area contributed by atoms with Gasteiger partial charge in [-0.1, -0.05) is 0 Å². The van der Waals surface area contributed by atoms with Gasteiger partial charge >= 0.3 is 11.7 Å². The lowest BCUT2D eigenvalue weighted by atomic mass is 10.2. The van der Waals surface area contributed by atoms with Crippen molar-refractivity contribution in [3.63, 3.8) is 0 Å². The second-order valence-electron chi connectivity index (χ2n) is 6.25. The van der Waals surface area contributed by atoms with Crippen LogP contribution in [0.4, 0.5) is 23.1 Å². The first-order valence-corrected chi connectivity index (χ1v) is 8.25. The fourth-order valence-electron chi connectivity index (χ4n) is 2.39. The van der Waals surface area contributed by atoms with Gasteiger partial charge in [0.15, 0.2) is 0 Å². The molecule has 0 saturated carbocycles. The zero-order valence-corrected chi connectivity index (χ0v) is 15.4. The number of carboxylic acids is 1. The Morgan fingerprint density at radius 2 is 1.89 bits per heavy atom. The number of hydrogen-bond acceptors (Lipinski definition) is 8. The molecule has 0 spiro atoms. The van der Waals surface area contributed by atoms with E-state index in [0.29, 0.717) is 12.2 Å². The summed E-state index contributed by atoms with van der Waals surface area (Å²) in [5.74, 6) is -0.605. The molecule has 144 valence electrons. The Balaban J connectivity index is 2.20. The number of carbonyl (C=O) groups is 1. The number of rotatable bonds is 9. The molecule has 1 aromatic heterocycles. The first kappa shape index (κ1) is 20.0. The Bertz CT molecular complexity index is 810. The second kappa shape index (κ2) is 8.90. The van der Waals surface area contributed by atoms with Crippen LogP contribution < -0.4 is 10.2 Å². The minimum Gasteiger partial charge on any atom is -0.478 e. The van der Waals surface area contributed by atoms with Gasteiger partial charge in [-0.05, 0) is 51.3 Å². The molecular weight excluding hydrogens is 352 g/mol. The highest BCUT2D eigenvalue weighted by molar-refractivity contribution is 5.88. The van der Waals surface area contributed by atoms with E-state index in [1.54, 1.807) is 24.1 Å². The van der Waals surface area contributed by atoms with Gasteiger partial charge in [-0.2, -0.15) is 4.98 Å². The van der Waals surface area contributed by atoms with Crippen LogP contribution in [0.5, 0.6) is 0 Å². The molecule has 2 N–H and O–H groups in total. The summed E-state index contributed by atoms with van der Waals surface area (Å²) in [6.07, 6.45) is 1.99. The van der Waals surface area contributed by atoms with E-state index >= 15 is 0 Å². The second-order valence-corrected chi connectivity index (χ2v) is 6.25. The summed E-state index contributed by atoms with van der Waals surface area (Å²) in [5.41, 5.74) is 0.565. The van der Waals surface area contributed by atoms with Crippen molar-refractivity contribution in [2.45, 2.75) is 6.42 Å². The van der Waals surface area contributed by atoms with E-state index in [1.165, 1.54) is 18.3 Å². The average molecular weight is 374 g/mol. The van der Waals surface area contributed by atoms with Crippen LogP contribution in [0.15, 0.2) is 30.5 Å². The Kier molecular flexibility index (Phi) is 6.61. The molecule has 1 aromatic carbocycles. The molecule has 10 heteroatoms. The van der Waals surface area contributed by atoms with Crippen molar-refractivity contribution in [2.75, 3.05) is 44.4 Å². The van der Waals surface area contributed by atoms with Crippen molar-refractivity contribution in [1.29, 1.82) is 0 Å². The van der Waals surface area contributed by atoms with Crippen LogP contribution in [0.2, 0.25) is 0 Å². The standard InChI is InChI=1S/C17H22N6O4/c1-21(2)9-4-10-22(3)15-14(23(26)27)11-18-17(20-15)19-13-7-5-12(6-8-13)16(24)25/h5-8,11H,4,9-10H2,1-3H3,(H,24,25)(H,18,19,20). The minimum absolute atomic E-state index is 0.159. The molecule has 1 heterocycles. The van der Waals surface area contributed by atoms with Gasteiger partial charge in [0, 0.05) is 19.3 Å². The highest BCUT2D eigenvalue weighted by Gasteiger charge is 2.21. The summed E-state index contributed by atoms with van der Waals surface area (Å²) >= 11 is 0. The number of nitrogens with one attached hydrogen (secondary N) is 1. The molecular formula is C17H22N6O4. The highest BCUT2D eigenvalue weighted by Crippen LogP contribution is 2.26. The van der Waals surface area contributed by atoms with E-state index in [0.717, 1.165) is 13.0 Å². The summed E-state index contributed by atoms with van der Waals surface area (Å²) in [6, 6.07) is 6.05. The minimum atomic E-state index is -1.02. The van der Waals surface area contributed by atoms with Crippen LogP contribution in [0.3, 0.4) is 0 Å². The zero-order chi connectivity index (χ0) is 20.0. The molecule has 0 fully saturated rings. The third kappa shape index (κ3) is 5.61. The summed E-state index contributed by atoms with van der Waals surface area (Å²) in [4.78, 5) is 33.7. The fourth-order valence-corrected chi connectivity index (χ4v) is 2.39. The first-order valence-electron chi connectivity index (χ1n) is 8.25. The van der Waals surface area contributed by atoms with Crippen molar-refractivity contribution in [3.05, 3.63) is 46.1 Å². The van der Waals surface area contributed by atoms with Gasteiger partial charge in [-0.25, -0.2) is 9.78 Å². The predicted molar refractivity (Wildman–Crippen MR) is 102 cm³/mol. The van der Waals surface area contributed by atoms with Crippen LogP contribution in [0.25, 0.3) is 0 Å². The van der Waals surface area contributed by atoms with Gasteiger partial charge in [0.2, 0.25) is 11.8 Å². The smallest absolute Gasteiger partial charge is 0.335 e. The molecule has 0 atom stereocenters. The molecule has 10 nitrogen and oxygen atoms in total. The van der Waals surface area contributed by atoms with Crippen molar-refractivity contribution in [1.82, 2.24) is 14.9 Å². The predicted octanol–water partition coefficient (Wildman–Crippen LogP) is 2.21. The van der Waals surface area contributed by atoms with Crippen LogP contribution >= 0.6 is 0 Å². The van der Waals surface area contributed by atoms with E-state index < -0.39 is 10.9 Å². The van der Waals surface area contributed by atoms with E-state index in [-0.39, 0.29) is 23.0 Å². The average Bonchev–Trinajstić information content (AvgIpc) is 2.61. The first-order chi connectivity index (χ1) is 12.8. The number of carboxylic acid groups (broad SMARTS) is 1. The SMILES string of the molecule is CN(C)CCCN(C)c1nc(Nc2ccc(C(=O)O)cc2)ncc1[N+](=O)[O-]. The van der Waals surface area contributed by atoms with Gasteiger partial charge in [0.25, 0.3) is 0 Å². The lowest BCUT2D eigenvalue weighted by Crippen LogP contribution is -2.25. The number of nitrogens with zero attached hydrogens (tertiary/aromatic N) is 5. The van der Waals surface area contributed by atoms with Crippen molar-refractivity contribution in [2.24, 2.45) is 0 Å². The van der Waals surface area contributed by atoms with Crippen LogP contribution in [-0.4, -0.2) is 65.1 Å². The lowest BCUT2D eigenvalue weighted by Gasteiger charge is -2.19. The molecule has 27 heavy (non-hydrogen) atoms. The van der Waals surface area contributed by atoms with E-state index in [9.17, 15) is 14.9 Å². The Hall–Kier alpha value is -3.27. The Labute approximate surface area is 156 Å². The summed E-state index contributed by atoms with van der Waals surface area (Å²) in [6.45, 7) is 1.45. The lowest BCUT2D eigenvalue weighted by molar-refractivity contribution is -0.384. The normalized spacial score (nSPS) is 10.7. The van der Waals surface area contributed by atoms with Crippen LogP contribution in [0.1, 0.15) is 16.8 Å². The molecule has 2 aromatic rings. The number of aromatic nitrogens is 2. The van der Waals surface area contributed by atoms with Gasteiger partial charge < -0.3 is 20.2 Å². The zero-order valence-electron chi connectivity index (χ0n) is 15.4. The van der Waals surface area contributed by atoms with Gasteiger partial charge in [0.1, 0.15) is 6.20 Å². The molecule has 0 aliphatic heterocycles. The molecule has 0 bridgehead atoms. The largest absolute Gasteiger partial charge is 0.478 e. The third-order valence-corrected chi connectivity index (χ3v) is 3.80. The molecule has 0 unspecified atom stereocenters. The third-order valence-electron chi connectivity index (χ3n) is 3.80. The Morgan fingerprint density at radius 1 is 1.22 bits per heavy atom. The van der Waals surface area contributed by atoms with E-state index in [1.807, 2.05) is 19.0 Å². The van der Waals surface area contributed by atoms with E-state index in [2.05, 4.69) is 15.3 Å². The van der Waals surface area contributed by atoms with Crippen molar-refractivity contribution in [3.8, 4) is 0 Å². The molecule has 0 amide bonds. The molecule has 0 saturated heterocycles. The summed E-state index contributed by atoms with van der Waals surface area (Å²) in [7, 11) is 5.67. The molecule has 0 aliphatic rings. The van der Waals surface area contributed by atoms with Gasteiger partial charge in [0.05, 0.1) is 10.5 Å². The quantitative estimate of drug-likeness (QED) is 0.502. The number of hydrogen-bond donors (Lipinski definition) is 2. The number of aromatic carboxylic acids is 1. The fraction of sp³-hybridized carbons (Fsp3) is 0.353. The van der Waals surface area contributed by atoms with Crippen molar-refractivity contribution < 1.29 is 14.8 Å². The molecule has 0 aliphatic carbocycles. The molecule has 0 radical (unpaired) electrons. The summed E-state index contributed by atoms with van der Waals surface area (Å²) in [5, 5.41) is 23.2. The number of nitro groups is 1. The number of anilines is 3. The van der Waals surface area contributed by atoms with E-state index in [4.69, 9.17) is 5.11 Å². The van der Waals surface area contributed by atoms with Gasteiger partial charge in [-0.3, -0.25) is 10.1 Å². The highest BCUT2D eigenvalue weighted by atomic mass is 16.6. The monoisotopic (exact) mass is 374 g/mol. The topological polar surface area (TPSA) is 125 Å². The van der Waals surface area contributed by atoms with Crippen molar-refractivity contribution >= 4 is 29.1 Å². The molecule has 2 rings (SSSR count).